The van der Waals surface area contributed by atoms with E-state index in [-0.39, 0.29) is 0 Å². The smallest absolute Gasteiger partial charge is 0.193 e. The van der Waals surface area contributed by atoms with Crippen LogP contribution in [-0.2, 0) is 0 Å². The predicted molar refractivity (Wildman–Crippen MR) is 38.2 cm³/mol. The van der Waals surface area contributed by atoms with Gasteiger partial charge in [-0.05, 0) is 6.92 Å². The third-order valence-corrected chi connectivity index (χ3v) is 1.61. The lowest BCUT2D eigenvalue weighted by molar-refractivity contribution is 0.118. The van der Waals surface area contributed by atoms with Gasteiger partial charge in [0.2, 0.25) is 0 Å². The summed E-state index contributed by atoms with van der Waals surface area (Å²) in [6, 6.07) is -0.488. The molecule has 0 aromatic rings. The molecule has 0 aromatic carbocycles. The van der Waals surface area contributed by atoms with Gasteiger partial charge in [-0.3, -0.25) is 11.5 Å². The molecule has 0 saturated carbocycles. The molecule has 0 fully saturated rings. The van der Waals surface area contributed by atoms with Crippen LogP contribution in [0.15, 0.2) is 5.10 Å². The molecule has 0 bridgehead atoms. The van der Waals surface area contributed by atoms with Crippen molar-refractivity contribution in [3.63, 3.8) is 0 Å². The summed E-state index contributed by atoms with van der Waals surface area (Å²) in [7, 11) is 0. The molecule has 58 valence electrons. The lowest BCUT2D eigenvalue weighted by Gasteiger charge is -2.28. The van der Waals surface area contributed by atoms with Crippen LogP contribution in [0.4, 0.5) is 0 Å². The molecule has 0 aliphatic carbocycles. The van der Waals surface area contributed by atoms with E-state index >= 15 is 0 Å². The van der Waals surface area contributed by atoms with E-state index in [1.807, 2.05) is 0 Å². The molecule has 1 aliphatic heterocycles. The second-order valence-electron chi connectivity index (χ2n) is 2.45. The first-order chi connectivity index (χ1) is 4.46. The molecule has 0 saturated heterocycles. The Morgan fingerprint density at radius 3 is 2.20 bits per heavy atom. The Balaban J connectivity index is 2.87. The highest BCUT2D eigenvalue weighted by Gasteiger charge is 2.40. The third-order valence-electron chi connectivity index (χ3n) is 1.61. The van der Waals surface area contributed by atoms with E-state index in [9.17, 15) is 0 Å². The van der Waals surface area contributed by atoms with Gasteiger partial charge in [0.15, 0.2) is 5.79 Å². The number of nitrogens with two attached hydrogens (primary N) is 4. The second-order valence-corrected chi connectivity index (χ2v) is 2.45. The topological polar surface area (TPSA) is 120 Å². The van der Waals surface area contributed by atoms with Crippen LogP contribution in [0.3, 0.4) is 0 Å². The van der Waals surface area contributed by atoms with Gasteiger partial charge < -0.3 is 5.73 Å². The quantitative estimate of drug-likeness (QED) is 0.220. The fourth-order valence-electron chi connectivity index (χ4n) is 0.796. The standard InChI is InChI=1S/C4H12N6/c1-2-3(5)4(6,7)10(8)9-2/h3H,5-8H2,1H3. The van der Waals surface area contributed by atoms with Gasteiger partial charge in [-0.1, -0.05) is 0 Å². The maximum atomic E-state index is 5.54. The largest absolute Gasteiger partial charge is 0.319 e. The SMILES string of the molecule is CC1=NN(N)C(N)(N)C1N. The van der Waals surface area contributed by atoms with Crippen molar-refractivity contribution in [2.24, 2.45) is 28.1 Å². The van der Waals surface area contributed by atoms with Gasteiger partial charge in [-0.15, -0.1) is 0 Å². The molecule has 1 rings (SSSR count). The second kappa shape index (κ2) is 1.89. The van der Waals surface area contributed by atoms with E-state index in [1.54, 1.807) is 6.92 Å². The Labute approximate surface area is 58.8 Å². The first kappa shape index (κ1) is 7.42. The third kappa shape index (κ3) is 0.781. The zero-order valence-electron chi connectivity index (χ0n) is 5.78. The monoisotopic (exact) mass is 144 g/mol. The van der Waals surface area contributed by atoms with E-state index in [0.717, 1.165) is 5.12 Å². The van der Waals surface area contributed by atoms with Crippen LogP contribution in [0.2, 0.25) is 0 Å². The van der Waals surface area contributed by atoms with E-state index in [1.165, 1.54) is 0 Å². The van der Waals surface area contributed by atoms with E-state index in [4.69, 9.17) is 23.0 Å². The summed E-state index contributed by atoms with van der Waals surface area (Å²) in [5.41, 5.74) is 17.2. The van der Waals surface area contributed by atoms with Crippen molar-refractivity contribution < 1.29 is 0 Å². The average Bonchev–Trinajstić information content (AvgIpc) is 1.97. The fraction of sp³-hybridized carbons (Fsp3) is 0.750. The molecule has 8 N–H and O–H groups in total. The molecule has 0 radical (unpaired) electrons. The summed E-state index contributed by atoms with van der Waals surface area (Å²) in [5.74, 6) is 4.08. The number of hydrazine groups is 1. The zero-order valence-corrected chi connectivity index (χ0v) is 5.78. The molecule has 1 unspecified atom stereocenters. The Hall–Kier alpha value is -0.690. The van der Waals surface area contributed by atoms with Crippen molar-refractivity contribution in [1.82, 2.24) is 5.12 Å². The van der Waals surface area contributed by atoms with Crippen LogP contribution in [-0.4, -0.2) is 22.7 Å². The Kier molecular flexibility index (Phi) is 1.41. The van der Waals surface area contributed by atoms with Gasteiger partial charge in [-0.25, -0.2) is 5.84 Å². The van der Waals surface area contributed by atoms with Gasteiger partial charge in [0.05, 0.1) is 11.8 Å². The predicted octanol–water partition coefficient (Wildman–Crippen LogP) is -2.55. The highest BCUT2D eigenvalue weighted by Crippen LogP contribution is 2.11. The summed E-state index contributed by atoms with van der Waals surface area (Å²) >= 11 is 0. The lowest BCUT2D eigenvalue weighted by atomic mass is 10.1. The zero-order chi connectivity index (χ0) is 7.94. The van der Waals surface area contributed by atoms with Gasteiger partial charge >= 0.3 is 0 Å². The van der Waals surface area contributed by atoms with E-state index < -0.39 is 11.8 Å². The summed E-state index contributed by atoms with van der Waals surface area (Å²) in [6.45, 7) is 1.73. The van der Waals surface area contributed by atoms with Crippen molar-refractivity contribution >= 4 is 5.71 Å². The number of rotatable bonds is 0. The molecule has 6 nitrogen and oxygen atoms in total. The highest BCUT2D eigenvalue weighted by atomic mass is 15.7. The molecular weight excluding hydrogens is 132 g/mol. The van der Waals surface area contributed by atoms with Gasteiger partial charge in [-0.2, -0.15) is 10.2 Å². The van der Waals surface area contributed by atoms with Crippen LogP contribution >= 0.6 is 0 Å². The van der Waals surface area contributed by atoms with Gasteiger partial charge in [0.25, 0.3) is 0 Å². The maximum absolute atomic E-state index is 5.54. The normalized spacial score (nSPS) is 30.7. The summed E-state index contributed by atoms with van der Waals surface area (Å²) in [6.07, 6.45) is 0. The summed E-state index contributed by atoms with van der Waals surface area (Å²) < 4.78 is 0. The minimum atomic E-state index is -1.23. The van der Waals surface area contributed by atoms with Crippen LogP contribution < -0.4 is 23.0 Å². The number of hydrogen-bond acceptors (Lipinski definition) is 6. The molecule has 6 heteroatoms. The van der Waals surface area contributed by atoms with Crippen LogP contribution in [0, 0.1) is 0 Å². The summed E-state index contributed by atoms with van der Waals surface area (Å²) in [5, 5.41) is 4.75. The van der Waals surface area contributed by atoms with Gasteiger partial charge in [0.1, 0.15) is 0 Å². The van der Waals surface area contributed by atoms with E-state index in [2.05, 4.69) is 5.10 Å². The van der Waals surface area contributed by atoms with Crippen molar-refractivity contribution in [1.29, 1.82) is 0 Å². The maximum Gasteiger partial charge on any atom is 0.193 e. The Morgan fingerprint density at radius 2 is 2.10 bits per heavy atom. The number of nitrogens with zero attached hydrogens (tertiary/aromatic N) is 2. The van der Waals surface area contributed by atoms with Crippen molar-refractivity contribution in [2.75, 3.05) is 0 Å². The minimum Gasteiger partial charge on any atom is -0.319 e. The van der Waals surface area contributed by atoms with Crippen molar-refractivity contribution in [3.05, 3.63) is 0 Å². The van der Waals surface area contributed by atoms with E-state index in [0.29, 0.717) is 5.71 Å². The van der Waals surface area contributed by atoms with Crippen molar-refractivity contribution in [3.8, 4) is 0 Å². The Morgan fingerprint density at radius 1 is 1.60 bits per heavy atom. The fourth-order valence-corrected chi connectivity index (χ4v) is 0.796. The van der Waals surface area contributed by atoms with Crippen LogP contribution in [0.1, 0.15) is 6.92 Å². The Bertz CT molecular complexity index is 173. The minimum absolute atomic E-state index is 0.488. The summed E-state index contributed by atoms with van der Waals surface area (Å²) in [4.78, 5) is 0. The molecule has 0 amide bonds. The number of hydrogen-bond donors (Lipinski definition) is 4. The van der Waals surface area contributed by atoms with Crippen molar-refractivity contribution in [2.45, 2.75) is 18.8 Å². The first-order valence-corrected chi connectivity index (χ1v) is 2.89. The lowest BCUT2D eigenvalue weighted by Crippen LogP contribution is -2.70. The molecule has 10 heavy (non-hydrogen) atoms. The van der Waals surface area contributed by atoms with Gasteiger partial charge in [0, 0.05) is 0 Å². The average molecular weight is 144 g/mol. The molecule has 1 aliphatic rings. The van der Waals surface area contributed by atoms with Crippen LogP contribution in [0.25, 0.3) is 0 Å². The molecule has 1 atom stereocenters. The molecule has 1 heterocycles. The number of hydrazone groups is 1. The first-order valence-electron chi connectivity index (χ1n) is 2.89. The molecule has 0 spiro atoms. The van der Waals surface area contributed by atoms with Crippen LogP contribution in [0.5, 0.6) is 0 Å². The highest BCUT2D eigenvalue weighted by molar-refractivity contribution is 5.89. The molecular formula is C4H12N6. The molecule has 0 aromatic heterocycles.